The van der Waals surface area contributed by atoms with Crippen LogP contribution in [0.5, 0.6) is 6.01 Å². The predicted octanol–water partition coefficient (Wildman–Crippen LogP) is 2.73. The molecule has 0 unspecified atom stereocenters. The summed E-state index contributed by atoms with van der Waals surface area (Å²) in [5.74, 6) is 0.314. The molecule has 0 atom stereocenters. The predicted molar refractivity (Wildman–Crippen MR) is 110 cm³/mol. The van der Waals surface area contributed by atoms with Gasteiger partial charge in [0.05, 0.1) is 13.7 Å². The molecule has 0 bridgehead atoms. The molecule has 12 heteroatoms. The molecule has 2 heterocycles. The Hall–Kier alpha value is -3.57. The Morgan fingerprint density at radius 1 is 1.12 bits per heavy atom. The van der Waals surface area contributed by atoms with Crippen molar-refractivity contribution in [1.29, 1.82) is 0 Å². The van der Waals surface area contributed by atoms with E-state index in [-0.39, 0.29) is 18.2 Å². The summed E-state index contributed by atoms with van der Waals surface area (Å²) in [4.78, 5) is 37.6. The number of hydrogen-bond acceptors (Lipinski definition) is 7. The molecule has 3 rings (SSSR count). The van der Waals surface area contributed by atoms with Crippen molar-refractivity contribution in [3.05, 3.63) is 30.7 Å². The van der Waals surface area contributed by atoms with E-state index in [1.807, 2.05) is 0 Å². The highest BCUT2D eigenvalue weighted by atomic mass is 19.3. The van der Waals surface area contributed by atoms with E-state index in [0.29, 0.717) is 42.6 Å². The minimum atomic E-state index is -2.68. The molecule has 0 radical (unpaired) electrons. The van der Waals surface area contributed by atoms with Crippen LogP contribution < -0.4 is 20.7 Å². The van der Waals surface area contributed by atoms with Gasteiger partial charge in [-0.15, -0.1) is 0 Å². The highest BCUT2D eigenvalue weighted by Gasteiger charge is 2.32. The molecule has 1 aliphatic carbocycles. The SMILES string of the molecule is COc1ncc(-c2ccc(N(C(=O)NCC(F)F)C3CCC(OC(N)=O)CC3)nc2)cn1. The van der Waals surface area contributed by atoms with Gasteiger partial charge in [-0.25, -0.2) is 33.3 Å². The third-order valence-electron chi connectivity index (χ3n) is 5.06. The number of urea groups is 1. The molecule has 2 aromatic rings. The average Bonchev–Trinajstić information content (AvgIpc) is 2.79. The van der Waals surface area contributed by atoms with Crippen molar-refractivity contribution in [2.45, 2.75) is 44.3 Å². The van der Waals surface area contributed by atoms with Crippen LogP contribution in [-0.2, 0) is 4.74 Å². The van der Waals surface area contributed by atoms with Crippen LogP contribution in [-0.4, -0.2) is 59.3 Å². The molecular weight excluding hydrogens is 426 g/mol. The van der Waals surface area contributed by atoms with E-state index in [1.165, 1.54) is 12.0 Å². The smallest absolute Gasteiger partial charge is 0.404 e. The Bertz CT molecular complexity index is 905. The second-order valence-electron chi connectivity index (χ2n) is 7.18. The number of rotatable bonds is 7. The normalized spacial score (nSPS) is 18.1. The van der Waals surface area contributed by atoms with Gasteiger partial charge in [0, 0.05) is 35.8 Å². The first-order chi connectivity index (χ1) is 15.4. The van der Waals surface area contributed by atoms with Crippen LogP contribution in [0.2, 0.25) is 0 Å². The van der Waals surface area contributed by atoms with Gasteiger partial charge in [-0.05, 0) is 37.8 Å². The molecule has 1 aliphatic rings. The first-order valence-corrected chi connectivity index (χ1v) is 10.0. The Morgan fingerprint density at radius 3 is 2.31 bits per heavy atom. The molecule has 0 saturated heterocycles. The number of carbonyl (C=O) groups is 2. The summed E-state index contributed by atoms with van der Waals surface area (Å²) in [6.07, 6.45) is 2.83. The van der Waals surface area contributed by atoms with E-state index in [9.17, 15) is 18.4 Å². The minimum absolute atomic E-state index is 0.233. The summed E-state index contributed by atoms with van der Waals surface area (Å²) in [5.41, 5.74) is 6.48. The molecule has 2 aromatic heterocycles. The first-order valence-electron chi connectivity index (χ1n) is 10.0. The van der Waals surface area contributed by atoms with Gasteiger partial charge in [0.25, 0.3) is 6.43 Å². The summed E-state index contributed by atoms with van der Waals surface area (Å²) in [7, 11) is 1.46. The number of carbonyl (C=O) groups excluding carboxylic acids is 2. The van der Waals surface area contributed by atoms with E-state index in [4.69, 9.17) is 15.2 Å². The molecule has 172 valence electrons. The van der Waals surface area contributed by atoms with Gasteiger partial charge >= 0.3 is 18.1 Å². The summed E-state index contributed by atoms with van der Waals surface area (Å²) in [6.45, 7) is -0.767. The van der Waals surface area contributed by atoms with Gasteiger partial charge < -0.3 is 20.5 Å². The van der Waals surface area contributed by atoms with Crippen molar-refractivity contribution in [2.24, 2.45) is 5.73 Å². The molecule has 3 N–H and O–H groups in total. The fourth-order valence-electron chi connectivity index (χ4n) is 3.56. The number of amides is 3. The zero-order valence-corrected chi connectivity index (χ0v) is 17.4. The van der Waals surface area contributed by atoms with Gasteiger partial charge in [-0.3, -0.25) is 4.90 Å². The number of methoxy groups -OCH3 is 1. The second-order valence-corrected chi connectivity index (χ2v) is 7.18. The molecule has 32 heavy (non-hydrogen) atoms. The molecule has 0 aromatic carbocycles. The Morgan fingerprint density at radius 2 is 1.78 bits per heavy atom. The fourth-order valence-corrected chi connectivity index (χ4v) is 3.56. The van der Waals surface area contributed by atoms with Gasteiger partial charge in [-0.1, -0.05) is 0 Å². The van der Waals surface area contributed by atoms with E-state index in [1.54, 1.807) is 30.7 Å². The molecule has 3 amide bonds. The maximum absolute atomic E-state index is 12.7. The number of anilines is 1. The van der Waals surface area contributed by atoms with E-state index in [0.717, 1.165) is 0 Å². The highest BCUT2D eigenvalue weighted by Crippen LogP contribution is 2.29. The molecule has 1 saturated carbocycles. The average molecular weight is 450 g/mol. The van der Waals surface area contributed by atoms with Crippen LogP contribution in [0.25, 0.3) is 11.1 Å². The quantitative estimate of drug-likeness (QED) is 0.663. The molecule has 0 spiro atoms. The summed E-state index contributed by atoms with van der Waals surface area (Å²) >= 11 is 0. The number of ether oxygens (including phenoxy) is 2. The Balaban J connectivity index is 1.78. The lowest BCUT2D eigenvalue weighted by molar-refractivity contribution is 0.0786. The van der Waals surface area contributed by atoms with Gasteiger partial charge in [0.15, 0.2) is 0 Å². The van der Waals surface area contributed by atoms with Crippen molar-refractivity contribution < 1.29 is 27.8 Å². The number of primary amides is 1. The zero-order chi connectivity index (χ0) is 23.1. The van der Waals surface area contributed by atoms with Crippen molar-refractivity contribution in [2.75, 3.05) is 18.6 Å². The number of aromatic nitrogens is 3. The number of halogens is 2. The van der Waals surface area contributed by atoms with Crippen molar-refractivity contribution >= 4 is 17.9 Å². The van der Waals surface area contributed by atoms with Gasteiger partial charge in [-0.2, -0.15) is 0 Å². The van der Waals surface area contributed by atoms with E-state index < -0.39 is 25.1 Å². The fraction of sp³-hybridized carbons (Fsp3) is 0.450. The topological polar surface area (TPSA) is 133 Å². The lowest BCUT2D eigenvalue weighted by Crippen LogP contribution is -2.49. The Kier molecular flexibility index (Phi) is 7.68. The lowest BCUT2D eigenvalue weighted by atomic mass is 9.92. The maximum atomic E-state index is 12.7. The number of nitrogens with one attached hydrogen (secondary N) is 1. The third kappa shape index (κ3) is 5.99. The van der Waals surface area contributed by atoms with Crippen LogP contribution in [0.4, 0.5) is 24.2 Å². The van der Waals surface area contributed by atoms with Gasteiger partial charge in [0.1, 0.15) is 11.9 Å². The van der Waals surface area contributed by atoms with Gasteiger partial charge in [0.2, 0.25) is 0 Å². The number of nitrogens with two attached hydrogens (primary N) is 1. The first kappa shape index (κ1) is 23.1. The largest absolute Gasteiger partial charge is 0.467 e. The molecule has 1 fully saturated rings. The maximum Gasteiger partial charge on any atom is 0.404 e. The third-order valence-corrected chi connectivity index (χ3v) is 5.06. The monoisotopic (exact) mass is 450 g/mol. The van der Waals surface area contributed by atoms with Crippen LogP contribution in [0.3, 0.4) is 0 Å². The molecule has 10 nitrogen and oxygen atoms in total. The summed E-state index contributed by atoms with van der Waals surface area (Å²) in [5, 5.41) is 2.24. The van der Waals surface area contributed by atoms with Crippen molar-refractivity contribution in [1.82, 2.24) is 20.3 Å². The lowest BCUT2D eigenvalue weighted by Gasteiger charge is -2.35. The molecular formula is C20H24F2N6O4. The number of pyridine rings is 1. The Labute approximate surface area is 183 Å². The molecule has 0 aliphatic heterocycles. The standard InChI is InChI=1S/C20H24F2N6O4/c1-31-19-25-9-13(10-26-19)12-2-7-17(24-8-12)28(20(30)27-11-16(21)22)14-3-5-15(6-4-14)32-18(23)29/h2,7-10,14-16H,3-6,11H2,1H3,(H2,23,29)(H,27,30). The summed E-state index contributed by atoms with van der Waals surface area (Å²) in [6, 6.07) is 2.63. The highest BCUT2D eigenvalue weighted by molar-refractivity contribution is 5.91. The van der Waals surface area contributed by atoms with Crippen LogP contribution in [0, 0.1) is 0 Å². The van der Waals surface area contributed by atoms with Crippen molar-refractivity contribution in [3.8, 4) is 17.1 Å². The van der Waals surface area contributed by atoms with Crippen LogP contribution in [0.1, 0.15) is 25.7 Å². The van der Waals surface area contributed by atoms with Crippen LogP contribution >= 0.6 is 0 Å². The minimum Gasteiger partial charge on any atom is -0.467 e. The van der Waals surface area contributed by atoms with E-state index in [2.05, 4.69) is 20.3 Å². The number of hydrogen-bond donors (Lipinski definition) is 2. The van der Waals surface area contributed by atoms with Crippen LogP contribution in [0.15, 0.2) is 30.7 Å². The zero-order valence-electron chi connectivity index (χ0n) is 17.4. The van der Waals surface area contributed by atoms with Crippen molar-refractivity contribution in [3.63, 3.8) is 0 Å². The number of nitrogens with zero attached hydrogens (tertiary/aromatic N) is 4. The number of alkyl halides is 2. The summed E-state index contributed by atoms with van der Waals surface area (Å²) < 4.78 is 35.3. The second kappa shape index (κ2) is 10.6. The van der Waals surface area contributed by atoms with E-state index >= 15 is 0 Å².